The number of hydrogen-bond donors (Lipinski definition) is 4. The Morgan fingerprint density at radius 1 is 1.00 bits per heavy atom. The van der Waals surface area contributed by atoms with Gasteiger partial charge in [0.15, 0.2) is 16.7 Å². The van der Waals surface area contributed by atoms with E-state index in [9.17, 15) is 28.4 Å². The Hall–Kier alpha value is -5.82. The normalized spacial score (nSPS) is 19.4. The van der Waals surface area contributed by atoms with E-state index in [1.54, 1.807) is 41.2 Å². The highest BCUT2D eigenvalue weighted by Gasteiger charge is 2.43. The molecule has 0 spiro atoms. The summed E-state index contributed by atoms with van der Waals surface area (Å²) >= 11 is 7.47. The lowest BCUT2D eigenvalue weighted by Crippen LogP contribution is -2.52. The molecule has 1 saturated heterocycles. The molecular weight excluding hydrogens is 887 g/mol. The van der Waals surface area contributed by atoms with Crippen LogP contribution in [0.5, 0.6) is 5.75 Å². The summed E-state index contributed by atoms with van der Waals surface area (Å²) in [6, 6.07) is 14.7. The zero-order valence-corrected chi connectivity index (χ0v) is 37.1. The molecule has 16 nitrogen and oxygen atoms in total. The number of aryl methyl sites for hydroxylation is 1. The number of halogens is 3. The summed E-state index contributed by atoms with van der Waals surface area (Å²) in [6.45, 7) is 1.55. The summed E-state index contributed by atoms with van der Waals surface area (Å²) in [5.41, 5.74) is 2.33. The Morgan fingerprint density at radius 2 is 1.81 bits per heavy atom. The molecule has 8 rings (SSSR count). The fourth-order valence-corrected chi connectivity index (χ4v) is 9.17. The van der Waals surface area contributed by atoms with Gasteiger partial charge >= 0.3 is 0 Å². The number of benzene rings is 2. The topological polar surface area (TPSA) is 202 Å². The number of fused-ring (bicyclic) bond motifs is 1. The van der Waals surface area contributed by atoms with Crippen LogP contribution < -0.4 is 26.0 Å². The Bertz CT molecular complexity index is 2500. The molecule has 1 aliphatic carbocycles. The lowest BCUT2D eigenvalue weighted by Gasteiger charge is -2.39. The van der Waals surface area contributed by atoms with Gasteiger partial charge in [0.25, 0.3) is 5.91 Å². The van der Waals surface area contributed by atoms with Crippen molar-refractivity contribution in [3.8, 4) is 5.75 Å². The number of aromatic nitrogens is 5. The molecule has 1 atom stereocenters. The van der Waals surface area contributed by atoms with E-state index in [0.717, 1.165) is 10.8 Å². The van der Waals surface area contributed by atoms with Gasteiger partial charge < -0.3 is 25.6 Å². The predicted molar refractivity (Wildman–Crippen MR) is 239 cm³/mol. The first kappa shape index (κ1) is 46.2. The smallest absolute Gasteiger partial charge is 0.255 e. The van der Waals surface area contributed by atoms with Gasteiger partial charge in [-0.05, 0) is 68.5 Å². The molecule has 5 heterocycles. The molecule has 0 radical (unpaired) electrons. The number of carbonyl (C=O) groups is 5. The zero-order valence-electron chi connectivity index (χ0n) is 34.7. The van der Waals surface area contributed by atoms with Gasteiger partial charge in [0.05, 0.1) is 23.4 Å². The maximum atomic E-state index is 14.7. The van der Waals surface area contributed by atoms with Crippen molar-refractivity contribution in [2.45, 2.75) is 89.4 Å². The van der Waals surface area contributed by atoms with Crippen LogP contribution in [0, 0.1) is 11.2 Å². The molecule has 5 aromatic rings. The molecule has 20 heteroatoms. The minimum absolute atomic E-state index is 0. The van der Waals surface area contributed by atoms with Gasteiger partial charge in [0, 0.05) is 97.4 Å². The van der Waals surface area contributed by atoms with Crippen molar-refractivity contribution in [3.63, 3.8) is 0 Å². The monoisotopic (exact) mass is 932 g/mol. The van der Waals surface area contributed by atoms with Gasteiger partial charge in [-0.3, -0.25) is 34.0 Å². The summed E-state index contributed by atoms with van der Waals surface area (Å²) in [6.07, 6.45) is 7.14. The Balaban J connectivity index is 0.00000612. The maximum Gasteiger partial charge on any atom is 0.255 e. The number of Topliss-reactive ketones (excluding diaryl/α,β-unsaturated/α-hetero) is 1. The number of anilines is 3. The molecule has 64 heavy (non-hydrogen) atoms. The molecule has 2 fully saturated rings. The maximum absolute atomic E-state index is 14.7. The molecule has 3 aromatic heterocycles. The van der Waals surface area contributed by atoms with Crippen molar-refractivity contribution >= 4 is 81.4 Å². The molecule has 4 N–H and O–H groups in total. The van der Waals surface area contributed by atoms with E-state index in [0.29, 0.717) is 86.5 Å². The molecule has 4 amide bonds. The number of pyridine rings is 1. The second-order valence-electron chi connectivity index (χ2n) is 16.0. The van der Waals surface area contributed by atoms with Crippen molar-refractivity contribution in [2.24, 2.45) is 5.41 Å². The highest BCUT2D eigenvalue weighted by atomic mass is 35.5. The van der Waals surface area contributed by atoms with Gasteiger partial charge in [0.1, 0.15) is 17.6 Å². The SMILES string of the molecule is Cl.O=C1CCC(N2Cc3c(NC(=O)CCNCCn4cc(CCC(=O)C5(Cc6cccc(Nc7nccs7)n6)CCC(Oc6cccc(Cl)c6F)CC5)nn4)cccc3C2=O)C(=O)N1. The predicted octanol–water partition coefficient (Wildman–Crippen LogP) is 6.22. The number of nitrogens with one attached hydrogen (secondary N) is 4. The highest BCUT2D eigenvalue weighted by Crippen LogP contribution is 2.43. The number of hydrogen-bond acceptors (Lipinski definition) is 13. The number of amides is 4. The highest BCUT2D eigenvalue weighted by molar-refractivity contribution is 7.13. The largest absolute Gasteiger partial charge is 0.487 e. The van der Waals surface area contributed by atoms with E-state index in [1.165, 1.54) is 22.3 Å². The summed E-state index contributed by atoms with van der Waals surface area (Å²) in [5.74, 6) is -1.14. The van der Waals surface area contributed by atoms with Crippen molar-refractivity contribution in [3.05, 3.63) is 106 Å². The lowest BCUT2D eigenvalue weighted by atomic mass is 9.66. The number of ketones is 1. The van der Waals surface area contributed by atoms with Crippen LogP contribution in [0.25, 0.3) is 0 Å². The Morgan fingerprint density at radius 3 is 2.61 bits per heavy atom. The molecule has 336 valence electrons. The van der Waals surface area contributed by atoms with E-state index in [2.05, 4.69) is 36.6 Å². The molecule has 3 aliphatic rings. The second kappa shape index (κ2) is 20.8. The molecule has 2 aromatic carbocycles. The quantitative estimate of drug-likeness (QED) is 0.0572. The average Bonchev–Trinajstić information content (AvgIpc) is 4.04. The summed E-state index contributed by atoms with van der Waals surface area (Å²) in [5, 5.41) is 22.9. The van der Waals surface area contributed by atoms with Gasteiger partial charge in [-0.1, -0.05) is 35.0 Å². The first-order chi connectivity index (χ1) is 30.5. The van der Waals surface area contributed by atoms with E-state index in [-0.39, 0.29) is 85.0 Å². The number of thiazole rings is 1. The second-order valence-corrected chi connectivity index (χ2v) is 17.3. The van der Waals surface area contributed by atoms with E-state index in [4.69, 9.17) is 21.3 Å². The minimum atomic E-state index is -0.742. The number of piperidine rings is 1. The van der Waals surface area contributed by atoms with Crippen LogP contribution in [-0.4, -0.2) is 84.5 Å². The zero-order chi connectivity index (χ0) is 43.9. The molecule has 0 bridgehead atoms. The number of ether oxygens (including phenoxy) is 1. The third-order valence-corrected chi connectivity index (χ3v) is 12.8. The van der Waals surface area contributed by atoms with Crippen LogP contribution in [0.1, 0.15) is 78.7 Å². The van der Waals surface area contributed by atoms with E-state index in [1.807, 2.05) is 29.8 Å². The van der Waals surface area contributed by atoms with Crippen LogP contribution >= 0.6 is 35.3 Å². The molecule has 1 unspecified atom stereocenters. The van der Waals surface area contributed by atoms with Gasteiger partial charge in [-0.2, -0.15) is 0 Å². The van der Waals surface area contributed by atoms with E-state index >= 15 is 0 Å². The van der Waals surface area contributed by atoms with Crippen molar-refractivity contribution in [1.82, 2.24) is 40.5 Å². The lowest BCUT2D eigenvalue weighted by molar-refractivity contribution is -0.137. The third-order valence-electron chi connectivity index (χ3n) is 11.8. The van der Waals surface area contributed by atoms with Gasteiger partial charge in [-0.15, -0.1) is 28.8 Å². The first-order valence-electron chi connectivity index (χ1n) is 21.0. The molecule has 1 saturated carbocycles. The Labute approximate surface area is 383 Å². The summed E-state index contributed by atoms with van der Waals surface area (Å²) in [7, 11) is 0. The molecule has 2 aliphatic heterocycles. The van der Waals surface area contributed by atoms with E-state index < -0.39 is 23.2 Å². The minimum Gasteiger partial charge on any atom is -0.487 e. The average molecular weight is 934 g/mol. The van der Waals surface area contributed by atoms with Crippen LogP contribution in [0.3, 0.4) is 0 Å². The summed E-state index contributed by atoms with van der Waals surface area (Å²) < 4.78 is 22.4. The van der Waals surface area contributed by atoms with Gasteiger partial charge in [-0.25, -0.2) is 14.4 Å². The number of imide groups is 1. The van der Waals surface area contributed by atoms with Gasteiger partial charge in [0.2, 0.25) is 17.7 Å². The van der Waals surface area contributed by atoms with Crippen molar-refractivity contribution < 1.29 is 33.1 Å². The third kappa shape index (κ3) is 10.9. The standard InChI is InChI=1S/C44H46ClFN10O6S.ClH/c45-32-6-3-8-35(40(32)46)62-29-14-17-44(18-15-29,24-27-4-1-9-37(49-27)51-43-48-21-23-63-43)36(57)12-10-28-25-55(54-53-28)22-20-47-19-16-39(59)50-33-7-2-5-30-31(33)26-56(42(30)61)34-11-13-38(58)52-41(34)60;/h1-9,21,23,25,29,34,47H,10-20,22,24,26H2,(H,50,59)(H,48,49,51)(H,52,58,60);1H. The molecular formula is C44H47Cl2FN10O6S. The van der Waals surface area contributed by atoms with Crippen molar-refractivity contribution in [2.75, 3.05) is 23.7 Å². The summed E-state index contributed by atoms with van der Waals surface area (Å²) in [4.78, 5) is 75.0. The number of nitrogens with zero attached hydrogens (tertiary/aromatic N) is 6. The fourth-order valence-electron chi connectivity index (χ4n) is 8.46. The van der Waals surface area contributed by atoms with Crippen LogP contribution in [0.2, 0.25) is 5.02 Å². The number of carbonyl (C=O) groups excluding carboxylic acids is 5. The number of rotatable bonds is 18. The van der Waals surface area contributed by atoms with Crippen LogP contribution in [-0.2, 0) is 45.1 Å². The van der Waals surface area contributed by atoms with Crippen LogP contribution in [0.4, 0.5) is 21.0 Å². The van der Waals surface area contributed by atoms with Crippen molar-refractivity contribution in [1.29, 1.82) is 0 Å². The van der Waals surface area contributed by atoms with Crippen LogP contribution in [0.15, 0.2) is 72.4 Å². The fraction of sp³-hybridized carbons (Fsp3) is 0.386. The Kier molecular flexibility index (Phi) is 15.0. The first-order valence-corrected chi connectivity index (χ1v) is 22.2.